The van der Waals surface area contributed by atoms with E-state index in [1.807, 2.05) is 0 Å². The third kappa shape index (κ3) is 3.64. The quantitative estimate of drug-likeness (QED) is 0.653. The average Bonchev–Trinajstić information content (AvgIpc) is 2.35. The first-order valence-corrected chi connectivity index (χ1v) is 7.57. The Balaban J connectivity index is 2.28. The fourth-order valence-corrected chi connectivity index (χ4v) is 2.57. The molecule has 0 saturated heterocycles. The van der Waals surface area contributed by atoms with Gasteiger partial charge in [0, 0.05) is 13.4 Å². The number of carbonyl (C=O) groups excluding carboxylic acids is 1. The maximum Gasteiger partial charge on any atom is 0.256 e. The summed E-state index contributed by atoms with van der Waals surface area (Å²) in [4.78, 5) is 12.1. The molecule has 1 N–H and O–H groups in total. The Morgan fingerprint density at radius 2 is 1.63 bits per heavy atom. The lowest BCUT2D eigenvalue weighted by Gasteiger charge is -2.08. The van der Waals surface area contributed by atoms with Gasteiger partial charge in [-0.25, -0.2) is 4.39 Å². The summed E-state index contributed by atoms with van der Waals surface area (Å²) in [5, 5.41) is 2.54. The molecule has 0 fully saturated rings. The smallest absolute Gasteiger partial charge is 0.256 e. The van der Waals surface area contributed by atoms with Crippen LogP contribution in [0.5, 0.6) is 0 Å². The zero-order chi connectivity index (χ0) is 14.0. The summed E-state index contributed by atoms with van der Waals surface area (Å²) >= 11 is 9.75. The van der Waals surface area contributed by atoms with Gasteiger partial charge in [0.25, 0.3) is 5.91 Å². The lowest BCUT2D eigenvalue weighted by atomic mass is 10.2. The van der Waals surface area contributed by atoms with Gasteiger partial charge in [-0.2, -0.15) is 0 Å². The third-order valence-corrected chi connectivity index (χ3v) is 4.03. The van der Waals surface area contributed by atoms with Crippen LogP contribution in [0.15, 0.2) is 49.8 Å². The van der Waals surface area contributed by atoms with E-state index in [2.05, 4.69) is 53.1 Å². The predicted octanol–water partition coefficient (Wildman–Crippen LogP) is 5.37. The second kappa shape index (κ2) is 6.15. The van der Waals surface area contributed by atoms with Crippen LogP contribution in [0.4, 0.5) is 10.1 Å². The van der Waals surface area contributed by atoms with Gasteiger partial charge in [-0.15, -0.1) is 0 Å². The Bertz CT molecular complexity index is 646. The number of amides is 1. The summed E-state index contributed by atoms with van der Waals surface area (Å²) in [6.45, 7) is 0. The van der Waals surface area contributed by atoms with Crippen molar-refractivity contribution in [1.82, 2.24) is 0 Å². The van der Waals surface area contributed by atoms with Gasteiger partial charge >= 0.3 is 0 Å². The maximum absolute atomic E-state index is 13.6. The topological polar surface area (TPSA) is 29.1 Å². The van der Waals surface area contributed by atoms with Crippen LogP contribution in [0.25, 0.3) is 0 Å². The van der Waals surface area contributed by atoms with E-state index in [-0.39, 0.29) is 11.6 Å². The van der Waals surface area contributed by atoms with Crippen molar-refractivity contribution in [2.75, 3.05) is 5.32 Å². The van der Waals surface area contributed by atoms with Gasteiger partial charge in [0.1, 0.15) is 5.82 Å². The van der Waals surface area contributed by atoms with Crippen molar-refractivity contribution >= 4 is 59.4 Å². The molecule has 0 spiro atoms. The van der Waals surface area contributed by atoms with Gasteiger partial charge in [-0.1, -0.05) is 31.9 Å². The number of carbonyl (C=O) groups is 1. The van der Waals surface area contributed by atoms with E-state index < -0.39 is 5.82 Å². The highest BCUT2D eigenvalue weighted by Crippen LogP contribution is 2.24. The van der Waals surface area contributed by atoms with Crippen molar-refractivity contribution in [2.24, 2.45) is 0 Å². The molecule has 0 radical (unpaired) electrons. The molecular weight excluding hydrogens is 445 g/mol. The SMILES string of the molecule is O=C(Nc1ccc(Br)cc1F)c1cc(Br)ccc1Br. The van der Waals surface area contributed by atoms with Crippen LogP contribution in [0.3, 0.4) is 0 Å². The highest BCUT2D eigenvalue weighted by molar-refractivity contribution is 9.11. The molecule has 0 aliphatic rings. The van der Waals surface area contributed by atoms with Gasteiger partial charge < -0.3 is 5.32 Å². The molecule has 6 heteroatoms. The molecule has 2 nitrogen and oxygen atoms in total. The Kier molecular flexibility index (Phi) is 4.76. The zero-order valence-electron chi connectivity index (χ0n) is 9.38. The van der Waals surface area contributed by atoms with E-state index in [1.54, 1.807) is 24.3 Å². The number of rotatable bonds is 2. The largest absolute Gasteiger partial charge is 0.319 e. The van der Waals surface area contributed by atoms with Crippen LogP contribution in [-0.4, -0.2) is 5.91 Å². The molecular formula is C13H7Br3FNO. The Hall–Kier alpha value is -0.720. The van der Waals surface area contributed by atoms with Gasteiger partial charge in [-0.05, 0) is 52.3 Å². The van der Waals surface area contributed by atoms with Gasteiger partial charge in [0.15, 0.2) is 0 Å². The summed E-state index contributed by atoms with van der Waals surface area (Å²) in [6, 6.07) is 9.68. The van der Waals surface area contributed by atoms with Crippen molar-refractivity contribution < 1.29 is 9.18 Å². The van der Waals surface area contributed by atoms with Crippen LogP contribution in [0.1, 0.15) is 10.4 Å². The van der Waals surface area contributed by atoms with E-state index >= 15 is 0 Å². The number of benzene rings is 2. The number of hydrogen-bond donors (Lipinski definition) is 1. The van der Waals surface area contributed by atoms with E-state index in [9.17, 15) is 9.18 Å². The Labute approximate surface area is 134 Å². The lowest BCUT2D eigenvalue weighted by molar-refractivity contribution is 0.102. The Morgan fingerprint density at radius 1 is 1.00 bits per heavy atom. The highest BCUT2D eigenvalue weighted by Gasteiger charge is 2.13. The first kappa shape index (κ1) is 14.7. The minimum atomic E-state index is -0.492. The van der Waals surface area contributed by atoms with Crippen LogP contribution < -0.4 is 5.32 Å². The van der Waals surface area contributed by atoms with Crippen LogP contribution >= 0.6 is 47.8 Å². The number of nitrogens with one attached hydrogen (secondary N) is 1. The molecule has 0 aliphatic carbocycles. The summed E-state index contributed by atoms with van der Waals surface area (Å²) in [7, 11) is 0. The number of halogens is 4. The normalized spacial score (nSPS) is 10.3. The van der Waals surface area contributed by atoms with Crippen LogP contribution in [-0.2, 0) is 0 Å². The highest BCUT2D eigenvalue weighted by atomic mass is 79.9. The molecule has 1 amide bonds. The molecule has 0 unspecified atom stereocenters. The minimum absolute atomic E-state index is 0.139. The summed E-state index contributed by atoms with van der Waals surface area (Å²) in [5.74, 6) is -0.872. The number of anilines is 1. The Morgan fingerprint density at radius 3 is 2.32 bits per heavy atom. The zero-order valence-corrected chi connectivity index (χ0v) is 14.1. The summed E-state index contributed by atoms with van der Waals surface area (Å²) in [5.41, 5.74) is 0.566. The molecule has 0 aliphatic heterocycles. The van der Waals surface area contributed by atoms with Crippen molar-refractivity contribution in [3.05, 3.63) is 61.2 Å². The van der Waals surface area contributed by atoms with Crippen LogP contribution in [0, 0.1) is 5.82 Å². The van der Waals surface area contributed by atoms with E-state index in [4.69, 9.17) is 0 Å². The average molecular weight is 452 g/mol. The molecule has 0 aromatic heterocycles. The van der Waals surface area contributed by atoms with Gasteiger partial charge in [0.2, 0.25) is 0 Å². The van der Waals surface area contributed by atoms with Crippen molar-refractivity contribution in [2.45, 2.75) is 0 Å². The van der Waals surface area contributed by atoms with Crippen molar-refractivity contribution in [3.8, 4) is 0 Å². The monoisotopic (exact) mass is 449 g/mol. The second-order valence-corrected chi connectivity index (χ2v) is 6.39. The molecule has 0 saturated carbocycles. The minimum Gasteiger partial charge on any atom is -0.319 e. The summed E-state index contributed by atoms with van der Waals surface area (Å²) < 4.78 is 15.7. The molecule has 0 bridgehead atoms. The maximum atomic E-state index is 13.6. The van der Waals surface area contributed by atoms with E-state index in [1.165, 1.54) is 12.1 Å². The first-order valence-electron chi connectivity index (χ1n) is 5.19. The van der Waals surface area contributed by atoms with Crippen LogP contribution in [0.2, 0.25) is 0 Å². The van der Waals surface area contributed by atoms with Gasteiger partial charge in [-0.3, -0.25) is 4.79 Å². The molecule has 0 atom stereocenters. The molecule has 98 valence electrons. The van der Waals surface area contributed by atoms with Crippen molar-refractivity contribution in [3.63, 3.8) is 0 Å². The first-order chi connectivity index (χ1) is 8.97. The number of hydrogen-bond acceptors (Lipinski definition) is 1. The second-order valence-electron chi connectivity index (χ2n) is 3.70. The molecule has 2 aromatic carbocycles. The summed E-state index contributed by atoms with van der Waals surface area (Å²) in [6.07, 6.45) is 0. The molecule has 19 heavy (non-hydrogen) atoms. The molecule has 0 heterocycles. The van der Waals surface area contributed by atoms with Gasteiger partial charge in [0.05, 0.1) is 11.3 Å². The van der Waals surface area contributed by atoms with Crippen molar-refractivity contribution in [1.29, 1.82) is 0 Å². The van der Waals surface area contributed by atoms with E-state index in [0.717, 1.165) is 4.47 Å². The van der Waals surface area contributed by atoms with E-state index in [0.29, 0.717) is 14.5 Å². The fourth-order valence-electron chi connectivity index (χ4n) is 1.45. The fraction of sp³-hybridized carbons (Fsp3) is 0. The predicted molar refractivity (Wildman–Crippen MR) is 83.9 cm³/mol. The molecule has 2 rings (SSSR count). The lowest BCUT2D eigenvalue weighted by Crippen LogP contribution is -2.13. The molecule has 2 aromatic rings. The standard InChI is InChI=1S/C13H7Br3FNO/c14-7-1-3-10(16)9(5-7)13(19)18-12-4-2-8(15)6-11(12)17/h1-6H,(H,18,19). The third-order valence-electron chi connectivity index (χ3n) is 2.35.